The molecule has 25 heavy (non-hydrogen) atoms. The van der Waals surface area contributed by atoms with Gasteiger partial charge in [-0.25, -0.2) is 4.79 Å². The number of hydrogen-bond acceptors (Lipinski definition) is 4. The molecule has 0 radical (unpaired) electrons. The average molecular weight is 362 g/mol. The van der Waals surface area contributed by atoms with Crippen molar-refractivity contribution in [3.63, 3.8) is 0 Å². The van der Waals surface area contributed by atoms with Crippen molar-refractivity contribution in [2.24, 2.45) is 11.8 Å². The van der Waals surface area contributed by atoms with Crippen molar-refractivity contribution in [3.05, 3.63) is 29.8 Å². The Hall–Kier alpha value is -1.95. The molecule has 1 aliphatic heterocycles. The molecule has 1 aromatic carbocycles. The summed E-state index contributed by atoms with van der Waals surface area (Å²) >= 11 is 0. The van der Waals surface area contributed by atoms with Crippen LogP contribution in [0, 0.1) is 11.8 Å². The third-order valence-corrected chi connectivity index (χ3v) is 8.66. The molecular formula is C19H27NO4Si. The van der Waals surface area contributed by atoms with Crippen molar-refractivity contribution in [1.29, 1.82) is 0 Å². The van der Waals surface area contributed by atoms with E-state index in [1.807, 2.05) is 12.1 Å². The lowest BCUT2D eigenvalue weighted by Gasteiger charge is -2.20. The second-order valence-electron chi connectivity index (χ2n) is 7.54. The molecule has 1 heterocycles. The van der Waals surface area contributed by atoms with E-state index in [9.17, 15) is 14.4 Å². The van der Waals surface area contributed by atoms with Crippen molar-refractivity contribution >= 4 is 31.8 Å². The Kier molecular flexibility index (Phi) is 6.53. The Morgan fingerprint density at radius 2 is 1.48 bits per heavy atom. The number of benzene rings is 1. The zero-order valence-corrected chi connectivity index (χ0v) is 16.6. The normalized spacial score (nSPS) is 14.9. The topological polar surface area (TPSA) is 63.7 Å². The Labute approximate surface area is 150 Å². The average Bonchev–Trinajstić information content (AvgIpc) is 2.85. The third kappa shape index (κ3) is 5.26. The largest absolute Gasteiger partial charge is 0.363 e. The van der Waals surface area contributed by atoms with Crippen LogP contribution < -0.4 is 5.19 Å². The van der Waals surface area contributed by atoms with E-state index >= 15 is 0 Å². The molecule has 0 aliphatic carbocycles. The van der Waals surface area contributed by atoms with Crippen LogP contribution in [0.2, 0.25) is 12.1 Å². The van der Waals surface area contributed by atoms with Gasteiger partial charge >= 0.3 is 5.97 Å². The van der Waals surface area contributed by atoms with Gasteiger partial charge in [0.2, 0.25) is 0 Å². The van der Waals surface area contributed by atoms with Gasteiger partial charge in [0.15, 0.2) is 0 Å². The van der Waals surface area contributed by atoms with Crippen molar-refractivity contribution in [2.45, 2.75) is 52.6 Å². The number of imide groups is 1. The molecule has 2 amide bonds. The Balaban J connectivity index is 2.08. The fourth-order valence-corrected chi connectivity index (χ4v) is 6.94. The quantitative estimate of drug-likeness (QED) is 0.553. The summed E-state index contributed by atoms with van der Waals surface area (Å²) in [5.41, 5.74) is 0.359. The maximum atomic E-state index is 12.2. The maximum absolute atomic E-state index is 12.2. The van der Waals surface area contributed by atoms with Crippen molar-refractivity contribution < 1.29 is 19.2 Å². The highest BCUT2D eigenvalue weighted by atomic mass is 28.3. The van der Waals surface area contributed by atoms with Gasteiger partial charge in [-0.1, -0.05) is 57.1 Å². The molecule has 0 atom stereocenters. The monoisotopic (exact) mass is 361 g/mol. The van der Waals surface area contributed by atoms with E-state index in [4.69, 9.17) is 4.84 Å². The highest BCUT2D eigenvalue weighted by molar-refractivity contribution is 6.73. The second-order valence-corrected chi connectivity index (χ2v) is 10.5. The second kappa shape index (κ2) is 8.42. The summed E-state index contributed by atoms with van der Waals surface area (Å²) in [6.45, 7) is 8.98. The van der Waals surface area contributed by atoms with Crippen LogP contribution in [-0.2, 0) is 14.4 Å². The number of nitrogens with zero attached hydrogens (tertiary/aromatic N) is 1. The summed E-state index contributed by atoms with van der Waals surface area (Å²) in [5.74, 6) is -0.270. The van der Waals surface area contributed by atoms with Gasteiger partial charge in [-0.15, -0.1) is 5.06 Å². The smallest absolute Gasteiger partial charge is 0.325 e. The lowest BCUT2D eigenvalue weighted by Crippen LogP contribution is -2.33. The fraction of sp³-hybridized carbons (Fsp3) is 0.526. The minimum atomic E-state index is -1.08. The summed E-state index contributed by atoms with van der Waals surface area (Å²) in [6, 6.07) is 9.96. The molecule has 6 heteroatoms. The molecule has 0 N–H and O–H groups in total. The molecule has 2 rings (SSSR count). The number of amides is 2. The van der Waals surface area contributed by atoms with Crippen LogP contribution in [0.15, 0.2) is 24.3 Å². The van der Waals surface area contributed by atoms with Crippen LogP contribution in [0.25, 0.3) is 0 Å². The van der Waals surface area contributed by atoms with E-state index in [1.54, 1.807) is 12.1 Å². The van der Waals surface area contributed by atoms with Gasteiger partial charge in [0.1, 0.15) is 0 Å². The van der Waals surface area contributed by atoms with Crippen molar-refractivity contribution in [1.82, 2.24) is 5.06 Å². The van der Waals surface area contributed by atoms with E-state index in [1.165, 1.54) is 17.3 Å². The first-order valence-electron chi connectivity index (χ1n) is 8.96. The molecule has 136 valence electrons. The van der Waals surface area contributed by atoms with Gasteiger partial charge < -0.3 is 4.84 Å². The molecule has 0 bridgehead atoms. The van der Waals surface area contributed by atoms with E-state index < -0.39 is 26.6 Å². The van der Waals surface area contributed by atoms with Gasteiger partial charge in [0, 0.05) is 12.8 Å². The molecule has 1 aliphatic rings. The Bertz CT molecular complexity index is 613. The highest BCUT2D eigenvalue weighted by Crippen LogP contribution is 2.16. The van der Waals surface area contributed by atoms with Gasteiger partial charge in [-0.05, 0) is 24.0 Å². The minimum absolute atomic E-state index is 0.0999. The van der Waals surface area contributed by atoms with Gasteiger partial charge in [0.25, 0.3) is 11.8 Å². The first-order valence-corrected chi connectivity index (χ1v) is 11.2. The van der Waals surface area contributed by atoms with E-state index in [-0.39, 0.29) is 12.8 Å². The predicted octanol–water partition coefficient (Wildman–Crippen LogP) is 2.65. The maximum Gasteiger partial charge on any atom is 0.363 e. The van der Waals surface area contributed by atoms with E-state index in [0.717, 1.165) is 0 Å². The SMILES string of the molecule is CC(C)C[SiH](CC(C)C)c1ccc(C(=O)ON2C(=O)CCC2=O)cc1. The zero-order chi connectivity index (χ0) is 18.6. The number of hydroxylamine groups is 2. The van der Waals surface area contributed by atoms with Crippen molar-refractivity contribution in [3.8, 4) is 0 Å². The van der Waals surface area contributed by atoms with Crippen LogP contribution in [0.3, 0.4) is 0 Å². The number of carbonyl (C=O) groups is 3. The van der Waals surface area contributed by atoms with Crippen LogP contribution in [0.4, 0.5) is 0 Å². The first-order chi connectivity index (χ1) is 11.8. The predicted molar refractivity (Wildman–Crippen MR) is 99.0 cm³/mol. The molecule has 1 fully saturated rings. The first kappa shape index (κ1) is 19.4. The molecule has 0 aromatic heterocycles. The summed E-state index contributed by atoms with van der Waals surface area (Å²) < 4.78 is 0. The van der Waals surface area contributed by atoms with Crippen LogP contribution in [0.1, 0.15) is 50.9 Å². The molecule has 0 spiro atoms. The number of carbonyl (C=O) groups excluding carboxylic acids is 3. The van der Waals surface area contributed by atoms with Gasteiger partial charge in [-0.2, -0.15) is 0 Å². The van der Waals surface area contributed by atoms with Crippen LogP contribution in [-0.4, -0.2) is 31.6 Å². The highest BCUT2D eigenvalue weighted by Gasteiger charge is 2.33. The molecule has 0 unspecified atom stereocenters. The van der Waals surface area contributed by atoms with E-state index in [2.05, 4.69) is 27.7 Å². The number of hydrogen-bond donors (Lipinski definition) is 0. The summed E-state index contributed by atoms with van der Waals surface area (Å²) in [7, 11) is -1.08. The molecule has 5 nitrogen and oxygen atoms in total. The lowest BCUT2D eigenvalue weighted by atomic mass is 10.2. The van der Waals surface area contributed by atoms with Crippen molar-refractivity contribution in [2.75, 3.05) is 0 Å². The van der Waals surface area contributed by atoms with Gasteiger partial charge in [-0.3, -0.25) is 9.59 Å². The third-order valence-electron chi connectivity index (χ3n) is 4.31. The molecule has 1 saturated heterocycles. The fourth-order valence-electron chi connectivity index (χ4n) is 3.19. The minimum Gasteiger partial charge on any atom is -0.325 e. The lowest BCUT2D eigenvalue weighted by molar-refractivity contribution is -0.172. The van der Waals surface area contributed by atoms with Crippen LogP contribution in [0.5, 0.6) is 0 Å². The van der Waals surface area contributed by atoms with E-state index in [0.29, 0.717) is 22.5 Å². The Morgan fingerprint density at radius 1 is 1.00 bits per heavy atom. The Morgan fingerprint density at radius 3 is 1.92 bits per heavy atom. The van der Waals surface area contributed by atoms with Gasteiger partial charge in [0.05, 0.1) is 14.4 Å². The summed E-state index contributed by atoms with van der Waals surface area (Å²) in [6.07, 6.45) is 0.200. The molecule has 1 aromatic rings. The summed E-state index contributed by atoms with van der Waals surface area (Å²) in [5, 5.41) is 1.93. The number of rotatable bonds is 7. The zero-order valence-electron chi connectivity index (χ0n) is 15.5. The standard InChI is InChI=1S/C19H27NO4Si/c1-13(2)11-25(12-14(3)4)16-7-5-15(6-8-16)19(23)24-20-17(21)9-10-18(20)22/h5-8,13-14,25H,9-12H2,1-4H3. The molecular weight excluding hydrogens is 334 g/mol. The summed E-state index contributed by atoms with van der Waals surface area (Å²) in [4.78, 5) is 40.2. The molecule has 0 saturated carbocycles. The van der Waals surface area contributed by atoms with Crippen LogP contribution >= 0.6 is 0 Å².